The molecular formula is C21H24N4O6S. The number of thiophene rings is 1. The van der Waals surface area contributed by atoms with E-state index in [4.69, 9.17) is 9.26 Å². The van der Waals surface area contributed by atoms with Crippen LogP contribution in [-0.4, -0.2) is 33.4 Å². The Morgan fingerprint density at radius 1 is 1.31 bits per heavy atom. The van der Waals surface area contributed by atoms with Gasteiger partial charge in [-0.2, -0.15) is 0 Å². The first-order valence-corrected chi connectivity index (χ1v) is 10.7. The summed E-state index contributed by atoms with van der Waals surface area (Å²) in [5.41, 5.74) is 0.765. The van der Waals surface area contributed by atoms with Crippen LogP contribution in [0.2, 0.25) is 0 Å². The Morgan fingerprint density at radius 3 is 2.72 bits per heavy atom. The number of ether oxygens (including phenoxy) is 1. The van der Waals surface area contributed by atoms with E-state index in [0.29, 0.717) is 10.6 Å². The molecule has 170 valence electrons. The number of anilines is 1. The first kappa shape index (κ1) is 23.1. The molecule has 2 amide bonds. The van der Waals surface area contributed by atoms with Crippen LogP contribution in [-0.2, 0) is 16.6 Å². The highest BCUT2D eigenvalue weighted by molar-refractivity contribution is 7.15. The van der Waals surface area contributed by atoms with Crippen molar-refractivity contribution in [3.8, 4) is 16.2 Å². The van der Waals surface area contributed by atoms with Crippen LogP contribution in [0.1, 0.15) is 35.7 Å². The van der Waals surface area contributed by atoms with E-state index in [1.807, 2.05) is 19.9 Å². The van der Waals surface area contributed by atoms with E-state index in [1.54, 1.807) is 13.0 Å². The number of nitrogens with zero attached hydrogens (tertiary/aromatic N) is 2. The van der Waals surface area contributed by atoms with Gasteiger partial charge in [0.15, 0.2) is 5.69 Å². The molecule has 3 aromatic rings. The lowest BCUT2D eigenvalue weighted by Gasteiger charge is -2.17. The summed E-state index contributed by atoms with van der Waals surface area (Å²) in [5, 5.41) is 19.0. The number of urea groups is 1. The number of hydrogen-bond donors (Lipinski definition) is 3. The molecule has 10 nitrogen and oxygen atoms in total. The van der Waals surface area contributed by atoms with Gasteiger partial charge in [-0.1, -0.05) is 5.16 Å². The molecule has 0 aliphatic carbocycles. The van der Waals surface area contributed by atoms with Crippen molar-refractivity contribution in [2.45, 2.75) is 33.2 Å². The monoisotopic (exact) mass is 460 g/mol. The van der Waals surface area contributed by atoms with Crippen molar-refractivity contribution in [3.63, 3.8) is 0 Å². The molecule has 0 aromatic carbocycles. The third-order valence-corrected chi connectivity index (χ3v) is 5.93. The molecule has 0 aliphatic heterocycles. The van der Waals surface area contributed by atoms with Crippen molar-refractivity contribution in [3.05, 3.63) is 51.1 Å². The van der Waals surface area contributed by atoms with Crippen LogP contribution < -0.4 is 16.2 Å². The van der Waals surface area contributed by atoms with Gasteiger partial charge in [0.05, 0.1) is 30.3 Å². The lowest BCUT2D eigenvalue weighted by molar-refractivity contribution is -0.143. The molecule has 0 bridgehead atoms. The van der Waals surface area contributed by atoms with Crippen molar-refractivity contribution >= 4 is 29.0 Å². The van der Waals surface area contributed by atoms with E-state index in [1.165, 1.54) is 35.2 Å². The van der Waals surface area contributed by atoms with Crippen LogP contribution in [0, 0.1) is 13.8 Å². The summed E-state index contributed by atoms with van der Waals surface area (Å²) in [4.78, 5) is 38.6. The Morgan fingerprint density at radius 2 is 2.06 bits per heavy atom. The van der Waals surface area contributed by atoms with E-state index in [2.05, 4.69) is 15.8 Å². The molecular weight excluding hydrogens is 436 g/mol. The molecule has 0 unspecified atom stereocenters. The third-order valence-electron chi connectivity index (χ3n) is 4.72. The van der Waals surface area contributed by atoms with Crippen LogP contribution in [0.15, 0.2) is 33.7 Å². The fourth-order valence-electron chi connectivity index (χ4n) is 3.16. The summed E-state index contributed by atoms with van der Waals surface area (Å²) in [6.45, 7) is 5.55. The Labute approximate surface area is 187 Å². The minimum Gasteiger partial charge on any atom is -0.505 e. The Balaban J connectivity index is 1.85. The molecule has 1 atom stereocenters. The Hall–Kier alpha value is -3.60. The van der Waals surface area contributed by atoms with E-state index in [9.17, 15) is 19.5 Å². The number of hydrogen-bond acceptors (Lipinski definition) is 8. The van der Waals surface area contributed by atoms with Gasteiger partial charge in [-0.3, -0.25) is 9.59 Å². The van der Waals surface area contributed by atoms with E-state index < -0.39 is 23.6 Å². The smallest absolute Gasteiger partial charge is 0.320 e. The van der Waals surface area contributed by atoms with Crippen LogP contribution in [0.4, 0.5) is 10.5 Å². The zero-order valence-electron chi connectivity index (χ0n) is 18.1. The van der Waals surface area contributed by atoms with Gasteiger partial charge in [-0.25, -0.2) is 4.79 Å². The Bertz CT molecular complexity index is 1180. The summed E-state index contributed by atoms with van der Waals surface area (Å²) in [5.74, 6) is -0.176. The first-order valence-electron chi connectivity index (χ1n) is 9.86. The molecule has 0 fully saturated rings. The normalized spacial score (nSPS) is 11.8. The van der Waals surface area contributed by atoms with Crippen molar-refractivity contribution in [1.29, 1.82) is 0 Å². The maximum atomic E-state index is 12.6. The molecule has 11 heteroatoms. The molecule has 0 radical (unpaired) electrons. The highest BCUT2D eigenvalue weighted by Crippen LogP contribution is 2.36. The summed E-state index contributed by atoms with van der Waals surface area (Å²) < 4.78 is 11.5. The van der Waals surface area contributed by atoms with Crippen molar-refractivity contribution in [2.24, 2.45) is 7.05 Å². The second-order valence-corrected chi connectivity index (χ2v) is 8.17. The molecule has 0 saturated heterocycles. The SMILES string of the molecule is CCOC(=O)C[C@H](NC(=O)Nc1c(O)ccn(C)c1=O)c1ccc(-c2c(C)noc2C)s1. The minimum atomic E-state index is -0.745. The number of rotatable bonds is 7. The predicted molar refractivity (Wildman–Crippen MR) is 119 cm³/mol. The molecule has 3 rings (SSSR count). The Kier molecular flexibility index (Phi) is 6.98. The van der Waals surface area contributed by atoms with Crippen molar-refractivity contribution in [2.75, 3.05) is 11.9 Å². The summed E-state index contributed by atoms with van der Waals surface area (Å²) in [7, 11) is 1.50. The zero-order chi connectivity index (χ0) is 23.4. The van der Waals surface area contributed by atoms with Crippen LogP contribution in [0.5, 0.6) is 5.75 Å². The summed E-state index contributed by atoms with van der Waals surface area (Å²) in [6, 6.07) is 3.49. The number of carbonyl (C=O) groups is 2. The fraction of sp³-hybridized carbons (Fsp3) is 0.333. The third kappa shape index (κ3) is 4.99. The molecule has 3 aromatic heterocycles. The maximum Gasteiger partial charge on any atom is 0.320 e. The number of aromatic nitrogens is 2. The average Bonchev–Trinajstić information content (AvgIpc) is 3.34. The van der Waals surface area contributed by atoms with E-state index in [-0.39, 0.29) is 24.5 Å². The van der Waals surface area contributed by atoms with Gasteiger partial charge in [0, 0.05) is 23.0 Å². The van der Waals surface area contributed by atoms with Gasteiger partial charge in [0.25, 0.3) is 5.56 Å². The van der Waals surface area contributed by atoms with Crippen LogP contribution in [0.3, 0.4) is 0 Å². The molecule has 3 heterocycles. The van der Waals surface area contributed by atoms with Gasteiger partial charge >= 0.3 is 12.0 Å². The zero-order valence-corrected chi connectivity index (χ0v) is 18.9. The topological polar surface area (TPSA) is 136 Å². The van der Waals surface area contributed by atoms with Crippen molar-refractivity contribution < 1.29 is 24.0 Å². The van der Waals surface area contributed by atoms with Gasteiger partial charge in [0.2, 0.25) is 0 Å². The predicted octanol–water partition coefficient (Wildman–Crippen LogP) is 3.24. The quantitative estimate of drug-likeness (QED) is 0.461. The van der Waals surface area contributed by atoms with Crippen LogP contribution >= 0.6 is 11.3 Å². The largest absolute Gasteiger partial charge is 0.505 e. The molecule has 0 saturated carbocycles. The number of aryl methyl sites for hydroxylation is 3. The van der Waals surface area contributed by atoms with Gasteiger partial charge in [0.1, 0.15) is 11.5 Å². The van der Waals surface area contributed by atoms with Gasteiger partial charge < -0.3 is 29.6 Å². The van der Waals surface area contributed by atoms with Crippen LogP contribution in [0.25, 0.3) is 10.4 Å². The van der Waals surface area contributed by atoms with E-state index >= 15 is 0 Å². The molecule has 0 spiro atoms. The number of pyridine rings is 1. The fourth-order valence-corrected chi connectivity index (χ4v) is 4.37. The first-order chi connectivity index (χ1) is 15.2. The van der Waals surface area contributed by atoms with Crippen molar-refractivity contribution in [1.82, 2.24) is 15.0 Å². The maximum absolute atomic E-state index is 12.6. The standard InChI is InChI=1S/C21H24N4O6S/c1-5-30-17(27)10-13(15-6-7-16(32-15)18-11(2)24-31-12(18)3)22-21(29)23-19-14(26)8-9-25(4)20(19)28/h6-9,13,26H,5,10H2,1-4H3,(H2,22,23,29)/t13-/m0/s1. The molecule has 0 aliphatic rings. The molecule has 32 heavy (non-hydrogen) atoms. The highest BCUT2D eigenvalue weighted by Gasteiger charge is 2.24. The number of carbonyl (C=O) groups excluding carboxylic acids is 2. The summed E-state index contributed by atoms with van der Waals surface area (Å²) in [6.07, 6.45) is 1.27. The number of aromatic hydroxyl groups is 1. The van der Waals surface area contributed by atoms with E-state index in [0.717, 1.165) is 16.1 Å². The number of amides is 2. The highest BCUT2D eigenvalue weighted by atomic mass is 32.1. The average molecular weight is 461 g/mol. The number of nitrogens with one attached hydrogen (secondary N) is 2. The molecule has 3 N–H and O–H groups in total. The second-order valence-electron chi connectivity index (χ2n) is 7.05. The lowest BCUT2D eigenvalue weighted by atomic mass is 10.1. The minimum absolute atomic E-state index is 0.110. The van der Waals surface area contributed by atoms with Gasteiger partial charge in [-0.15, -0.1) is 11.3 Å². The summed E-state index contributed by atoms with van der Waals surface area (Å²) >= 11 is 1.38. The second kappa shape index (κ2) is 9.69. The van der Waals surface area contributed by atoms with Gasteiger partial charge in [-0.05, 0) is 39.0 Å². The number of esters is 1. The lowest BCUT2D eigenvalue weighted by Crippen LogP contribution is -2.35.